The van der Waals surface area contributed by atoms with Crippen LogP contribution in [0.2, 0.25) is 0 Å². The Morgan fingerprint density at radius 2 is 1.78 bits per heavy atom. The van der Waals surface area contributed by atoms with Gasteiger partial charge in [0.25, 0.3) is 11.5 Å². The van der Waals surface area contributed by atoms with Gasteiger partial charge in [-0.25, -0.2) is 4.98 Å². The molecule has 0 atom stereocenters. The van der Waals surface area contributed by atoms with Gasteiger partial charge >= 0.3 is 0 Å². The van der Waals surface area contributed by atoms with Crippen LogP contribution >= 0.6 is 0 Å². The van der Waals surface area contributed by atoms with Crippen LogP contribution in [0.5, 0.6) is 0 Å². The van der Waals surface area contributed by atoms with Crippen molar-refractivity contribution in [3.8, 4) is 22.6 Å². The highest BCUT2D eigenvalue weighted by atomic mass is 16.1. The summed E-state index contributed by atoms with van der Waals surface area (Å²) in [5.41, 5.74) is 3.36. The number of benzene rings is 2. The quantitative estimate of drug-likeness (QED) is 0.398. The minimum Gasteiger partial charge on any atom is -0.351 e. The van der Waals surface area contributed by atoms with E-state index in [2.05, 4.69) is 39.0 Å². The summed E-state index contributed by atoms with van der Waals surface area (Å²) in [6, 6.07) is 16.8. The van der Waals surface area contributed by atoms with Crippen molar-refractivity contribution in [2.75, 3.05) is 26.2 Å². The number of carbonyl (C=O) groups excluding carboxylic acids is 1. The van der Waals surface area contributed by atoms with E-state index in [0.717, 1.165) is 41.8 Å². The molecule has 3 N–H and O–H groups in total. The maximum atomic E-state index is 12.5. The van der Waals surface area contributed by atoms with Gasteiger partial charge in [-0.2, -0.15) is 0 Å². The minimum absolute atomic E-state index is 0.0864. The van der Waals surface area contributed by atoms with Gasteiger partial charge in [0.15, 0.2) is 0 Å². The monoisotopic (exact) mass is 429 g/mol. The number of rotatable bonds is 8. The molecule has 2 aromatic heterocycles. The summed E-state index contributed by atoms with van der Waals surface area (Å²) in [4.78, 5) is 37.7. The lowest BCUT2D eigenvalue weighted by molar-refractivity contribution is 0.0949. The topological polar surface area (TPSA) is 93.9 Å². The van der Waals surface area contributed by atoms with E-state index in [9.17, 15) is 9.59 Å². The molecule has 0 unspecified atom stereocenters. The zero-order chi connectivity index (χ0) is 22.5. The van der Waals surface area contributed by atoms with Crippen molar-refractivity contribution >= 4 is 16.8 Å². The first kappa shape index (κ1) is 21.5. The van der Waals surface area contributed by atoms with Gasteiger partial charge in [0.2, 0.25) is 0 Å². The lowest BCUT2D eigenvalue weighted by atomic mass is 10.1. The summed E-state index contributed by atoms with van der Waals surface area (Å²) in [6.45, 7) is 7.62. The Hall–Kier alpha value is -3.71. The summed E-state index contributed by atoms with van der Waals surface area (Å²) >= 11 is 0. The molecule has 0 fully saturated rings. The molecular weight excluding hydrogens is 402 g/mol. The fourth-order valence-electron chi connectivity index (χ4n) is 3.70. The number of nitrogens with one attached hydrogen (secondary N) is 3. The largest absolute Gasteiger partial charge is 0.351 e. The van der Waals surface area contributed by atoms with Crippen molar-refractivity contribution in [1.29, 1.82) is 0 Å². The molecule has 7 nitrogen and oxygen atoms in total. The summed E-state index contributed by atoms with van der Waals surface area (Å²) in [6.07, 6.45) is 1.70. The normalized spacial score (nSPS) is 11.2. The van der Waals surface area contributed by atoms with E-state index in [0.29, 0.717) is 23.5 Å². The molecule has 164 valence electrons. The molecule has 0 radical (unpaired) electrons. The number of hydrogen-bond acceptors (Lipinski definition) is 4. The molecule has 0 saturated carbocycles. The van der Waals surface area contributed by atoms with Gasteiger partial charge in [0.05, 0.1) is 17.5 Å². The molecule has 4 rings (SSSR count). The minimum atomic E-state index is -0.193. The average molecular weight is 430 g/mol. The highest BCUT2D eigenvalue weighted by Crippen LogP contribution is 2.22. The number of H-pyrrole nitrogens is 2. The zero-order valence-electron chi connectivity index (χ0n) is 18.3. The van der Waals surface area contributed by atoms with Gasteiger partial charge in [-0.3, -0.25) is 9.59 Å². The third-order valence-corrected chi connectivity index (χ3v) is 5.65. The number of hydrogen-bond donors (Lipinski definition) is 3. The number of aromatic nitrogens is 3. The van der Waals surface area contributed by atoms with Crippen molar-refractivity contribution in [3.63, 3.8) is 0 Å². The van der Waals surface area contributed by atoms with Gasteiger partial charge in [0.1, 0.15) is 5.82 Å². The summed E-state index contributed by atoms with van der Waals surface area (Å²) in [5.74, 6) is 0.418. The second kappa shape index (κ2) is 9.62. The van der Waals surface area contributed by atoms with Crippen LogP contribution in [0, 0.1) is 0 Å². The van der Waals surface area contributed by atoms with Crippen LogP contribution in [0.15, 0.2) is 65.6 Å². The van der Waals surface area contributed by atoms with E-state index in [-0.39, 0.29) is 11.5 Å². The fraction of sp³-hybridized carbons (Fsp3) is 0.240. The first-order valence-corrected chi connectivity index (χ1v) is 10.9. The Labute approximate surface area is 186 Å². The van der Waals surface area contributed by atoms with E-state index in [1.807, 2.05) is 42.5 Å². The third-order valence-electron chi connectivity index (χ3n) is 5.65. The van der Waals surface area contributed by atoms with Crippen molar-refractivity contribution in [3.05, 3.63) is 76.7 Å². The Kier molecular flexibility index (Phi) is 6.47. The van der Waals surface area contributed by atoms with E-state index in [1.54, 1.807) is 18.3 Å². The molecule has 2 heterocycles. The molecule has 32 heavy (non-hydrogen) atoms. The molecule has 0 spiro atoms. The molecule has 0 saturated heterocycles. The summed E-state index contributed by atoms with van der Waals surface area (Å²) in [7, 11) is 0. The molecule has 0 aliphatic rings. The zero-order valence-corrected chi connectivity index (χ0v) is 18.3. The van der Waals surface area contributed by atoms with Crippen molar-refractivity contribution < 1.29 is 4.79 Å². The second-order valence-corrected chi connectivity index (χ2v) is 7.61. The van der Waals surface area contributed by atoms with Crippen LogP contribution in [0.4, 0.5) is 0 Å². The Bertz CT molecular complexity index is 1270. The maximum absolute atomic E-state index is 12.5. The number of fused-ring (bicyclic) bond motifs is 1. The van der Waals surface area contributed by atoms with Crippen LogP contribution in [0.3, 0.4) is 0 Å². The Morgan fingerprint density at radius 3 is 2.53 bits per heavy atom. The number of nitrogens with zero attached hydrogens (tertiary/aromatic N) is 2. The predicted octanol–water partition coefficient (Wildman–Crippen LogP) is 3.66. The van der Waals surface area contributed by atoms with Crippen LogP contribution in [0.25, 0.3) is 33.5 Å². The maximum Gasteiger partial charge on any atom is 0.259 e. The first-order chi connectivity index (χ1) is 15.6. The second-order valence-electron chi connectivity index (χ2n) is 7.61. The third kappa shape index (κ3) is 4.63. The summed E-state index contributed by atoms with van der Waals surface area (Å²) < 4.78 is 0. The van der Waals surface area contributed by atoms with Crippen molar-refractivity contribution in [2.24, 2.45) is 0 Å². The fourth-order valence-corrected chi connectivity index (χ4v) is 3.70. The SMILES string of the molecule is CCN(CC)CCNC(=O)c1ccc(-c2cnc(-c3cc4ccccc4[nH]c3=O)[nH]2)cc1. The summed E-state index contributed by atoms with van der Waals surface area (Å²) in [5, 5.41) is 3.91. The molecular formula is C25H27N5O2. The van der Waals surface area contributed by atoms with E-state index >= 15 is 0 Å². The van der Waals surface area contributed by atoms with E-state index in [4.69, 9.17) is 0 Å². The van der Waals surface area contributed by atoms with Crippen LogP contribution in [0.1, 0.15) is 24.2 Å². The van der Waals surface area contributed by atoms with E-state index < -0.39 is 0 Å². The molecule has 0 bridgehead atoms. The Morgan fingerprint density at radius 1 is 1.03 bits per heavy atom. The van der Waals surface area contributed by atoms with Gasteiger partial charge in [-0.05, 0) is 48.3 Å². The van der Waals surface area contributed by atoms with Gasteiger partial charge in [-0.15, -0.1) is 0 Å². The average Bonchev–Trinajstić information content (AvgIpc) is 3.31. The smallest absolute Gasteiger partial charge is 0.259 e. The van der Waals surface area contributed by atoms with Crippen molar-refractivity contribution in [2.45, 2.75) is 13.8 Å². The van der Waals surface area contributed by atoms with Crippen LogP contribution in [-0.4, -0.2) is 51.9 Å². The number of carbonyl (C=O) groups is 1. The van der Waals surface area contributed by atoms with Gasteiger partial charge in [-0.1, -0.05) is 44.2 Å². The Balaban J connectivity index is 1.47. The van der Waals surface area contributed by atoms with Crippen molar-refractivity contribution in [1.82, 2.24) is 25.2 Å². The number of para-hydroxylation sites is 1. The number of aromatic amines is 2. The molecule has 2 aromatic carbocycles. The molecule has 4 aromatic rings. The van der Waals surface area contributed by atoms with E-state index in [1.165, 1.54) is 0 Å². The highest BCUT2D eigenvalue weighted by Gasteiger charge is 2.12. The van der Waals surface area contributed by atoms with Gasteiger partial charge < -0.3 is 20.2 Å². The van der Waals surface area contributed by atoms with Gasteiger partial charge in [0, 0.05) is 24.2 Å². The number of imidazole rings is 1. The van der Waals surface area contributed by atoms with Crippen LogP contribution < -0.4 is 10.9 Å². The molecule has 1 amide bonds. The molecule has 7 heteroatoms. The number of amides is 1. The highest BCUT2D eigenvalue weighted by molar-refractivity contribution is 5.94. The predicted molar refractivity (Wildman–Crippen MR) is 128 cm³/mol. The number of pyridine rings is 1. The standard InChI is InChI=1S/C25H27N5O2/c1-3-30(4-2)14-13-26-24(31)18-11-9-17(10-12-18)22-16-27-23(28-22)20-15-19-7-5-6-8-21(19)29-25(20)32/h5-12,15-16H,3-4,13-14H2,1-2H3,(H,26,31)(H,27,28)(H,29,32). The molecule has 0 aliphatic carbocycles. The number of likely N-dealkylation sites (N-methyl/N-ethyl adjacent to an activating group) is 1. The molecule has 0 aliphatic heterocycles. The lowest BCUT2D eigenvalue weighted by Gasteiger charge is -2.17. The van der Waals surface area contributed by atoms with Crippen LogP contribution in [-0.2, 0) is 0 Å². The first-order valence-electron chi connectivity index (χ1n) is 10.9. The lowest BCUT2D eigenvalue weighted by Crippen LogP contribution is -2.34.